The van der Waals surface area contributed by atoms with Crippen molar-refractivity contribution < 1.29 is 14.6 Å². The molecule has 1 N–H and O–H groups in total. The number of carboxylic acids is 1. The number of hydrogen-bond donors (Lipinski definition) is 1. The lowest BCUT2D eigenvalue weighted by atomic mass is 9.71. The molecule has 0 radical (unpaired) electrons. The van der Waals surface area contributed by atoms with Crippen molar-refractivity contribution in [2.24, 2.45) is 5.41 Å². The van der Waals surface area contributed by atoms with Gasteiger partial charge in [0.2, 0.25) is 0 Å². The minimum Gasteiger partial charge on any atom is -0.493 e. The van der Waals surface area contributed by atoms with Gasteiger partial charge in [0.05, 0.1) is 12.0 Å². The molecule has 1 heterocycles. The van der Waals surface area contributed by atoms with Crippen molar-refractivity contribution in [1.82, 2.24) is 0 Å². The lowest BCUT2D eigenvalue weighted by Gasteiger charge is -2.35. The standard InChI is InChI=1S/C18H26O3/c1-3-5-11-18(4-2,17(19)20)13-14-10-12-21-16-9-7-6-8-15(14)16/h6-9,14H,3-5,10-13H2,1-2H3,(H,19,20). The van der Waals surface area contributed by atoms with Gasteiger partial charge < -0.3 is 9.84 Å². The maximum Gasteiger partial charge on any atom is 0.309 e. The van der Waals surface area contributed by atoms with Crippen LogP contribution in [0.5, 0.6) is 5.75 Å². The van der Waals surface area contributed by atoms with Crippen LogP contribution < -0.4 is 4.74 Å². The molecule has 1 aliphatic heterocycles. The molecule has 2 atom stereocenters. The first-order valence-electron chi connectivity index (χ1n) is 8.08. The topological polar surface area (TPSA) is 46.5 Å². The summed E-state index contributed by atoms with van der Waals surface area (Å²) in [7, 11) is 0. The Labute approximate surface area is 127 Å². The van der Waals surface area contributed by atoms with Gasteiger partial charge in [-0.3, -0.25) is 4.79 Å². The number of fused-ring (bicyclic) bond motifs is 1. The Morgan fingerprint density at radius 3 is 2.81 bits per heavy atom. The van der Waals surface area contributed by atoms with E-state index >= 15 is 0 Å². The smallest absolute Gasteiger partial charge is 0.309 e. The van der Waals surface area contributed by atoms with E-state index in [-0.39, 0.29) is 0 Å². The molecule has 0 aromatic heterocycles. The van der Waals surface area contributed by atoms with Crippen LogP contribution in [-0.4, -0.2) is 17.7 Å². The SMILES string of the molecule is CCCCC(CC)(CC1CCOc2ccccc21)C(=O)O. The molecule has 0 fully saturated rings. The number of para-hydroxylation sites is 1. The number of rotatable bonds is 7. The van der Waals surface area contributed by atoms with Crippen LogP contribution in [0.2, 0.25) is 0 Å². The number of ether oxygens (including phenoxy) is 1. The largest absolute Gasteiger partial charge is 0.493 e. The van der Waals surface area contributed by atoms with Gasteiger partial charge in [-0.15, -0.1) is 0 Å². The zero-order valence-corrected chi connectivity index (χ0v) is 13.1. The molecule has 1 aromatic carbocycles. The monoisotopic (exact) mass is 290 g/mol. The van der Waals surface area contributed by atoms with Crippen LogP contribution in [0.3, 0.4) is 0 Å². The number of unbranched alkanes of at least 4 members (excludes halogenated alkanes) is 1. The molecule has 116 valence electrons. The van der Waals surface area contributed by atoms with Gasteiger partial charge in [-0.25, -0.2) is 0 Å². The first-order valence-corrected chi connectivity index (χ1v) is 8.08. The van der Waals surface area contributed by atoms with E-state index < -0.39 is 11.4 Å². The molecular weight excluding hydrogens is 264 g/mol. The molecule has 0 spiro atoms. The summed E-state index contributed by atoms with van der Waals surface area (Å²) in [4.78, 5) is 11.9. The van der Waals surface area contributed by atoms with Crippen molar-refractivity contribution in [3.63, 3.8) is 0 Å². The van der Waals surface area contributed by atoms with E-state index in [1.165, 1.54) is 5.56 Å². The second kappa shape index (κ2) is 6.97. The zero-order chi connectivity index (χ0) is 15.3. The first kappa shape index (κ1) is 15.9. The first-order chi connectivity index (χ1) is 10.1. The van der Waals surface area contributed by atoms with E-state index in [1.54, 1.807) is 0 Å². The number of carbonyl (C=O) groups is 1. The Morgan fingerprint density at radius 2 is 2.14 bits per heavy atom. The third-order valence-corrected chi connectivity index (χ3v) is 4.86. The molecule has 0 saturated carbocycles. The lowest BCUT2D eigenvalue weighted by Crippen LogP contribution is -2.33. The third kappa shape index (κ3) is 3.39. The Hall–Kier alpha value is -1.51. The molecule has 0 aliphatic carbocycles. The van der Waals surface area contributed by atoms with Crippen molar-refractivity contribution in [1.29, 1.82) is 0 Å². The molecule has 1 aromatic rings. The van der Waals surface area contributed by atoms with Crippen LogP contribution in [0.1, 0.15) is 63.9 Å². The molecule has 0 bridgehead atoms. The van der Waals surface area contributed by atoms with Crippen LogP contribution in [-0.2, 0) is 4.79 Å². The Kier molecular flexibility index (Phi) is 5.27. The fourth-order valence-corrected chi connectivity index (χ4v) is 3.38. The van der Waals surface area contributed by atoms with Gasteiger partial charge in [0.25, 0.3) is 0 Å². The minimum atomic E-state index is -0.637. The fraction of sp³-hybridized carbons (Fsp3) is 0.611. The van der Waals surface area contributed by atoms with Gasteiger partial charge in [-0.2, -0.15) is 0 Å². The highest BCUT2D eigenvalue weighted by atomic mass is 16.5. The number of hydrogen-bond acceptors (Lipinski definition) is 2. The van der Waals surface area contributed by atoms with Gasteiger partial charge >= 0.3 is 5.97 Å². The molecule has 2 unspecified atom stereocenters. The average Bonchev–Trinajstić information content (AvgIpc) is 2.51. The quantitative estimate of drug-likeness (QED) is 0.797. The lowest BCUT2D eigenvalue weighted by molar-refractivity contribution is -0.150. The van der Waals surface area contributed by atoms with E-state index in [9.17, 15) is 9.90 Å². The summed E-state index contributed by atoms with van der Waals surface area (Å²) in [5.74, 6) is 0.588. The van der Waals surface area contributed by atoms with Crippen molar-refractivity contribution in [3.05, 3.63) is 29.8 Å². The van der Waals surface area contributed by atoms with Crippen LogP contribution in [0.15, 0.2) is 24.3 Å². The second-order valence-electron chi connectivity index (χ2n) is 6.12. The van der Waals surface area contributed by atoms with Crippen LogP contribution in [0, 0.1) is 5.41 Å². The van der Waals surface area contributed by atoms with Gasteiger partial charge in [0.1, 0.15) is 5.75 Å². The van der Waals surface area contributed by atoms with Gasteiger partial charge in [-0.1, -0.05) is 44.9 Å². The van der Waals surface area contributed by atoms with E-state index in [2.05, 4.69) is 13.0 Å². The van der Waals surface area contributed by atoms with E-state index in [4.69, 9.17) is 4.74 Å². The van der Waals surface area contributed by atoms with Crippen molar-refractivity contribution in [2.45, 2.75) is 58.3 Å². The molecule has 0 saturated heterocycles. The number of aliphatic carboxylic acids is 1. The zero-order valence-electron chi connectivity index (χ0n) is 13.1. The van der Waals surface area contributed by atoms with Gasteiger partial charge in [0, 0.05) is 0 Å². The van der Waals surface area contributed by atoms with Crippen molar-refractivity contribution in [3.8, 4) is 5.75 Å². The Bertz CT molecular complexity index is 483. The highest BCUT2D eigenvalue weighted by molar-refractivity contribution is 5.74. The van der Waals surface area contributed by atoms with E-state index in [0.29, 0.717) is 18.9 Å². The summed E-state index contributed by atoms with van der Waals surface area (Å²) in [5, 5.41) is 9.80. The van der Waals surface area contributed by atoms with Gasteiger partial charge in [-0.05, 0) is 43.2 Å². The fourth-order valence-electron chi connectivity index (χ4n) is 3.38. The highest BCUT2D eigenvalue weighted by Crippen LogP contribution is 2.44. The van der Waals surface area contributed by atoms with Crippen LogP contribution in [0.25, 0.3) is 0 Å². The number of carboxylic acid groups (broad SMARTS) is 1. The van der Waals surface area contributed by atoms with Crippen LogP contribution >= 0.6 is 0 Å². The predicted octanol–water partition coefficient (Wildman–Crippen LogP) is 4.61. The molecular formula is C18H26O3. The minimum absolute atomic E-state index is 0.294. The van der Waals surface area contributed by atoms with E-state index in [0.717, 1.165) is 37.9 Å². The summed E-state index contributed by atoms with van der Waals surface area (Å²) in [5.41, 5.74) is 0.588. The van der Waals surface area contributed by atoms with Gasteiger partial charge in [0.15, 0.2) is 0 Å². The molecule has 3 heteroatoms. The van der Waals surface area contributed by atoms with E-state index in [1.807, 2.05) is 25.1 Å². The summed E-state index contributed by atoms with van der Waals surface area (Å²) in [6.07, 6.45) is 5.12. The Morgan fingerprint density at radius 1 is 1.38 bits per heavy atom. The molecule has 21 heavy (non-hydrogen) atoms. The van der Waals surface area contributed by atoms with Crippen LogP contribution in [0.4, 0.5) is 0 Å². The number of benzene rings is 1. The summed E-state index contributed by atoms with van der Waals surface area (Å²) < 4.78 is 5.70. The molecule has 2 rings (SSSR count). The molecule has 0 amide bonds. The predicted molar refractivity (Wildman–Crippen MR) is 83.8 cm³/mol. The summed E-state index contributed by atoms with van der Waals surface area (Å²) in [6, 6.07) is 8.06. The highest BCUT2D eigenvalue weighted by Gasteiger charge is 2.39. The Balaban J connectivity index is 2.23. The maximum atomic E-state index is 11.9. The molecule has 1 aliphatic rings. The summed E-state index contributed by atoms with van der Waals surface area (Å²) in [6.45, 7) is 4.82. The third-order valence-electron chi connectivity index (χ3n) is 4.86. The van der Waals surface area contributed by atoms with Crippen molar-refractivity contribution >= 4 is 5.97 Å². The normalized spacial score (nSPS) is 20.2. The average molecular weight is 290 g/mol. The molecule has 3 nitrogen and oxygen atoms in total. The maximum absolute atomic E-state index is 11.9. The second-order valence-corrected chi connectivity index (χ2v) is 6.12. The van der Waals surface area contributed by atoms with Crippen molar-refractivity contribution in [2.75, 3.05) is 6.61 Å². The summed E-state index contributed by atoms with van der Waals surface area (Å²) >= 11 is 0.